The Balaban J connectivity index is 1.77. The molecule has 20 heavy (non-hydrogen) atoms. The summed E-state index contributed by atoms with van der Waals surface area (Å²) in [6, 6.07) is 11.1. The van der Waals surface area contributed by atoms with Gasteiger partial charge in [-0.1, -0.05) is 48.9 Å². The largest absolute Gasteiger partial charge is 0.314 e. The first-order valence-electron chi connectivity index (χ1n) is 7.55. The van der Waals surface area contributed by atoms with Gasteiger partial charge in [-0.15, -0.1) is 5.10 Å². The van der Waals surface area contributed by atoms with Gasteiger partial charge < -0.3 is 5.32 Å². The van der Waals surface area contributed by atoms with Gasteiger partial charge in [0.15, 0.2) is 0 Å². The number of aryl methyl sites for hydroxylation is 1. The lowest BCUT2D eigenvalue weighted by atomic mass is 9.94. The Morgan fingerprint density at radius 1 is 1.25 bits per heavy atom. The van der Waals surface area contributed by atoms with Crippen molar-refractivity contribution in [2.24, 2.45) is 0 Å². The van der Waals surface area contributed by atoms with E-state index in [4.69, 9.17) is 0 Å². The third-order valence-corrected chi connectivity index (χ3v) is 4.09. The highest BCUT2D eigenvalue weighted by Crippen LogP contribution is 2.31. The molecule has 0 saturated carbocycles. The van der Waals surface area contributed by atoms with Gasteiger partial charge in [-0.25, -0.2) is 4.68 Å². The third kappa shape index (κ3) is 2.75. The predicted molar refractivity (Wildman–Crippen MR) is 79.7 cm³/mol. The quantitative estimate of drug-likeness (QED) is 0.908. The molecule has 1 aromatic carbocycles. The van der Waals surface area contributed by atoms with Crippen LogP contribution in [0.3, 0.4) is 0 Å². The second kappa shape index (κ2) is 6.18. The maximum atomic E-state index is 4.35. The Kier molecular flexibility index (Phi) is 4.11. The molecule has 0 aliphatic carbocycles. The van der Waals surface area contributed by atoms with Gasteiger partial charge in [0.25, 0.3) is 0 Å². The van der Waals surface area contributed by atoms with Gasteiger partial charge in [-0.2, -0.15) is 0 Å². The Bertz CT molecular complexity index is 534. The van der Waals surface area contributed by atoms with E-state index in [9.17, 15) is 0 Å². The number of benzene rings is 1. The molecule has 0 bridgehead atoms. The van der Waals surface area contributed by atoms with Gasteiger partial charge in [0.2, 0.25) is 0 Å². The zero-order valence-electron chi connectivity index (χ0n) is 12.0. The molecule has 2 heterocycles. The summed E-state index contributed by atoms with van der Waals surface area (Å²) >= 11 is 0. The summed E-state index contributed by atoms with van der Waals surface area (Å²) in [6.45, 7) is 4.19. The van der Waals surface area contributed by atoms with Gasteiger partial charge in [0, 0.05) is 25.2 Å². The number of aromatic nitrogens is 3. The highest BCUT2D eigenvalue weighted by molar-refractivity contribution is 5.23. The topological polar surface area (TPSA) is 42.7 Å². The lowest BCUT2D eigenvalue weighted by molar-refractivity contribution is 0.437. The standard InChI is InChI=1S/C16H22N4/c1-2-3-9-14-12-20(19-18-14)16-11-17-10-15(16)13-7-5-4-6-8-13/h4-8,12,15-17H,2-3,9-11H2,1H3. The fourth-order valence-electron chi connectivity index (χ4n) is 2.93. The van der Waals surface area contributed by atoms with Crippen molar-refractivity contribution in [1.82, 2.24) is 20.3 Å². The lowest BCUT2D eigenvalue weighted by Gasteiger charge is -2.18. The van der Waals surface area contributed by atoms with E-state index in [-0.39, 0.29) is 0 Å². The molecule has 1 fully saturated rings. The molecular formula is C16H22N4. The van der Waals surface area contributed by atoms with Gasteiger partial charge in [0.05, 0.1) is 11.7 Å². The summed E-state index contributed by atoms with van der Waals surface area (Å²) in [5.74, 6) is 0.483. The van der Waals surface area contributed by atoms with Crippen molar-refractivity contribution in [3.8, 4) is 0 Å². The number of nitrogens with one attached hydrogen (secondary N) is 1. The van der Waals surface area contributed by atoms with Crippen LogP contribution in [0, 0.1) is 0 Å². The average Bonchev–Trinajstić information content (AvgIpc) is 3.14. The summed E-state index contributed by atoms with van der Waals surface area (Å²) in [6.07, 6.45) is 5.55. The molecule has 0 radical (unpaired) electrons. The van der Waals surface area contributed by atoms with Crippen LogP contribution in [0.5, 0.6) is 0 Å². The average molecular weight is 270 g/mol. The van der Waals surface area contributed by atoms with Crippen LogP contribution in [0.2, 0.25) is 0 Å². The molecule has 4 nitrogen and oxygen atoms in total. The number of hydrogen-bond donors (Lipinski definition) is 1. The number of unbranched alkanes of at least 4 members (excludes halogenated alkanes) is 1. The molecule has 2 aromatic rings. The highest BCUT2D eigenvalue weighted by atomic mass is 15.4. The summed E-state index contributed by atoms with van der Waals surface area (Å²) < 4.78 is 2.06. The normalized spacial score (nSPS) is 22.2. The van der Waals surface area contributed by atoms with E-state index in [1.807, 2.05) is 0 Å². The Hall–Kier alpha value is -1.68. The molecule has 0 spiro atoms. The molecule has 3 rings (SSSR count). The van der Waals surface area contributed by atoms with E-state index in [2.05, 4.69) is 63.8 Å². The van der Waals surface area contributed by atoms with Crippen LogP contribution in [0.25, 0.3) is 0 Å². The minimum Gasteiger partial charge on any atom is -0.314 e. The number of nitrogens with zero attached hydrogens (tertiary/aromatic N) is 3. The van der Waals surface area contributed by atoms with E-state index in [1.54, 1.807) is 0 Å². The van der Waals surface area contributed by atoms with E-state index in [0.717, 1.165) is 25.2 Å². The van der Waals surface area contributed by atoms with Crippen molar-refractivity contribution >= 4 is 0 Å². The van der Waals surface area contributed by atoms with Gasteiger partial charge in [-0.3, -0.25) is 0 Å². The first-order chi connectivity index (χ1) is 9.88. The minimum atomic E-state index is 0.375. The summed E-state index contributed by atoms with van der Waals surface area (Å²) in [4.78, 5) is 0. The summed E-state index contributed by atoms with van der Waals surface area (Å²) in [5.41, 5.74) is 2.50. The van der Waals surface area contributed by atoms with Crippen LogP contribution >= 0.6 is 0 Å². The Morgan fingerprint density at radius 3 is 2.90 bits per heavy atom. The maximum absolute atomic E-state index is 4.35. The zero-order valence-corrected chi connectivity index (χ0v) is 12.0. The van der Waals surface area contributed by atoms with Crippen LogP contribution in [0.1, 0.15) is 43.0 Å². The first kappa shape index (κ1) is 13.3. The van der Waals surface area contributed by atoms with Crippen molar-refractivity contribution in [1.29, 1.82) is 0 Å². The molecule has 1 aliphatic heterocycles. The van der Waals surface area contributed by atoms with E-state index in [0.29, 0.717) is 12.0 Å². The van der Waals surface area contributed by atoms with E-state index >= 15 is 0 Å². The monoisotopic (exact) mass is 270 g/mol. The van der Waals surface area contributed by atoms with Gasteiger partial charge >= 0.3 is 0 Å². The fourth-order valence-corrected chi connectivity index (χ4v) is 2.93. The van der Waals surface area contributed by atoms with Crippen molar-refractivity contribution in [3.63, 3.8) is 0 Å². The van der Waals surface area contributed by atoms with Crippen molar-refractivity contribution in [2.45, 2.75) is 38.1 Å². The molecular weight excluding hydrogens is 248 g/mol. The Morgan fingerprint density at radius 2 is 2.10 bits per heavy atom. The van der Waals surface area contributed by atoms with E-state index in [1.165, 1.54) is 18.4 Å². The van der Waals surface area contributed by atoms with Crippen LogP contribution in [0.4, 0.5) is 0 Å². The van der Waals surface area contributed by atoms with Crippen LogP contribution < -0.4 is 5.32 Å². The lowest BCUT2D eigenvalue weighted by Crippen LogP contribution is -2.17. The van der Waals surface area contributed by atoms with Crippen molar-refractivity contribution in [3.05, 3.63) is 47.8 Å². The molecule has 2 unspecified atom stereocenters. The SMILES string of the molecule is CCCCc1cn(C2CNCC2c2ccccc2)nn1. The molecule has 106 valence electrons. The van der Waals surface area contributed by atoms with Gasteiger partial charge in [0.1, 0.15) is 0 Å². The van der Waals surface area contributed by atoms with Crippen LogP contribution in [-0.4, -0.2) is 28.1 Å². The number of hydrogen-bond acceptors (Lipinski definition) is 3. The predicted octanol–water partition coefficient (Wildman–Crippen LogP) is 2.55. The summed E-state index contributed by atoms with van der Waals surface area (Å²) in [5, 5.41) is 12.1. The second-order valence-corrected chi connectivity index (χ2v) is 5.54. The van der Waals surface area contributed by atoms with Crippen LogP contribution in [-0.2, 0) is 6.42 Å². The minimum absolute atomic E-state index is 0.375. The van der Waals surface area contributed by atoms with E-state index < -0.39 is 0 Å². The molecule has 2 atom stereocenters. The van der Waals surface area contributed by atoms with Gasteiger partial charge in [-0.05, 0) is 18.4 Å². The number of rotatable bonds is 5. The molecule has 1 aliphatic rings. The molecule has 1 saturated heterocycles. The van der Waals surface area contributed by atoms with Crippen molar-refractivity contribution < 1.29 is 0 Å². The third-order valence-electron chi connectivity index (χ3n) is 4.09. The second-order valence-electron chi connectivity index (χ2n) is 5.54. The molecule has 1 N–H and O–H groups in total. The molecule has 1 aromatic heterocycles. The highest BCUT2D eigenvalue weighted by Gasteiger charge is 2.30. The molecule has 0 amide bonds. The fraction of sp³-hybridized carbons (Fsp3) is 0.500. The summed E-state index contributed by atoms with van der Waals surface area (Å²) in [7, 11) is 0. The maximum Gasteiger partial charge on any atom is 0.0827 e. The first-order valence-corrected chi connectivity index (χ1v) is 7.55. The zero-order chi connectivity index (χ0) is 13.8. The Labute approximate surface area is 120 Å². The van der Waals surface area contributed by atoms with Crippen LogP contribution in [0.15, 0.2) is 36.5 Å². The van der Waals surface area contributed by atoms with Crippen molar-refractivity contribution in [2.75, 3.05) is 13.1 Å². The smallest absolute Gasteiger partial charge is 0.0827 e. The molecule has 4 heteroatoms.